The van der Waals surface area contributed by atoms with Crippen LogP contribution >= 0.6 is 0 Å². The third-order valence-corrected chi connectivity index (χ3v) is 4.32. The molecule has 1 heterocycles. The number of carbonyl (C=O) groups excluding carboxylic acids is 2. The lowest BCUT2D eigenvalue weighted by Gasteiger charge is -2.19. The molecule has 0 saturated carbocycles. The first kappa shape index (κ1) is 23.4. The molecule has 1 aromatic heterocycles. The molecule has 8 heteroatoms. The first-order valence-electron chi connectivity index (χ1n) is 9.95. The summed E-state index contributed by atoms with van der Waals surface area (Å²) < 4.78 is 0. The summed E-state index contributed by atoms with van der Waals surface area (Å²) in [6.45, 7) is 9.12. The van der Waals surface area contributed by atoms with Gasteiger partial charge in [0.05, 0.1) is 0 Å². The summed E-state index contributed by atoms with van der Waals surface area (Å²) in [7, 11) is 1.77. The molecule has 2 amide bonds. The lowest BCUT2D eigenvalue weighted by molar-refractivity contribution is -0.130. The fourth-order valence-corrected chi connectivity index (χ4v) is 2.58. The van der Waals surface area contributed by atoms with Crippen LogP contribution in [0.25, 0.3) is 0 Å². The quantitative estimate of drug-likeness (QED) is 0.433. The van der Waals surface area contributed by atoms with Crippen LogP contribution in [0.1, 0.15) is 32.9 Å². The Balaban J connectivity index is 2.44. The van der Waals surface area contributed by atoms with E-state index in [1.165, 1.54) is 0 Å². The van der Waals surface area contributed by atoms with E-state index in [0.717, 1.165) is 5.69 Å². The van der Waals surface area contributed by atoms with Crippen LogP contribution in [0.5, 0.6) is 0 Å². The fourth-order valence-electron chi connectivity index (χ4n) is 2.58. The van der Waals surface area contributed by atoms with Gasteiger partial charge in [-0.1, -0.05) is 6.07 Å². The number of hydrogen-bond donors (Lipinski definition) is 2. The van der Waals surface area contributed by atoms with E-state index in [0.29, 0.717) is 51.5 Å². The highest BCUT2D eigenvalue weighted by molar-refractivity contribution is 5.85. The summed E-state index contributed by atoms with van der Waals surface area (Å²) in [6.07, 6.45) is 2.85. The molecule has 0 unspecified atom stereocenters. The van der Waals surface area contributed by atoms with Gasteiger partial charge in [-0.25, -0.2) is 4.99 Å². The highest BCUT2D eigenvalue weighted by Gasteiger charge is 2.11. The molecule has 0 aliphatic rings. The van der Waals surface area contributed by atoms with Crippen molar-refractivity contribution in [1.29, 1.82) is 0 Å². The van der Waals surface area contributed by atoms with E-state index in [9.17, 15) is 9.59 Å². The van der Waals surface area contributed by atoms with E-state index < -0.39 is 0 Å². The van der Waals surface area contributed by atoms with Crippen LogP contribution in [0, 0.1) is 0 Å². The molecule has 0 atom stereocenters. The zero-order valence-electron chi connectivity index (χ0n) is 17.6. The molecular weight excluding hydrogens is 356 g/mol. The van der Waals surface area contributed by atoms with Crippen LogP contribution in [0.4, 0.5) is 0 Å². The minimum Gasteiger partial charge on any atom is -0.357 e. The topological polar surface area (TPSA) is 89.9 Å². The smallest absolute Gasteiger partial charge is 0.244 e. The van der Waals surface area contributed by atoms with E-state index >= 15 is 0 Å². The summed E-state index contributed by atoms with van der Waals surface area (Å²) in [5.74, 6) is 0.590. The second kappa shape index (κ2) is 13.5. The Bertz CT molecular complexity index is 616. The van der Waals surface area contributed by atoms with Crippen LogP contribution in [0.15, 0.2) is 29.4 Å². The molecule has 0 aliphatic heterocycles. The predicted molar refractivity (Wildman–Crippen MR) is 112 cm³/mol. The van der Waals surface area contributed by atoms with Gasteiger partial charge in [0.15, 0.2) is 5.96 Å². The molecule has 8 nitrogen and oxygen atoms in total. The Hall–Kier alpha value is -2.64. The number of aliphatic imine (C=N–C) groups is 1. The standard InChI is InChI=1S/C20H34N6O2/c1-5-21-20(23-14-11-18(27)26(6-2)7-3)24-16-19(28)25(4)15-12-17-10-8-9-13-22-17/h8-10,13H,5-7,11-12,14-16H2,1-4H3,(H2,21,23,24). The van der Waals surface area contributed by atoms with Gasteiger partial charge in [-0.15, -0.1) is 0 Å². The van der Waals surface area contributed by atoms with Crippen LogP contribution < -0.4 is 10.6 Å². The minimum atomic E-state index is -0.0626. The molecule has 0 fully saturated rings. The number of aromatic nitrogens is 1. The van der Waals surface area contributed by atoms with Gasteiger partial charge in [-0.2, -0.15) is 0 Å². The van der Waals surface area contributed by atoms with Crippen molar-refractivity contribution in [3.05, 3.63) is 30.1 Å². The molecule has 1 aromatic rings. The molecule has 0 aromatic carbocycles. The number of nitrogens with one attached hydrogen (secondary N) is 2. The molecule has 0 spiro atoms. The van der Waals surface area contributed by atoms with Gasteiger partial charge in [0, 0.05) is 64.5 Å². The van der Waals surface area contributed by atoms with Gasteiger partial charge in [-0.05, 0) is 32.9 Å². The summed E-state index contributed by atoms with van der Waals surface area (Å²) in [4.78, 5) is 36.4. The Labute approximate surface area is 168 Å². The molecule has 0 saturated heterocycles. The number of hydrogen-bond acceptors (Lipinski definition) is 4. The zero-order chi connectivity index (χ0) is 20.8. The van der Waals surface area contributed by atoms with Gasteiger partial charge in [-0.3, -0.25) is 14.6 Å². The number of carbonyl (C=O) groups is 2. The molecule has 0 aliphatic carbocycles. The highest BCUT2D eigenvalue weighted by atomic mass is 16.2. The monoisotopic (exact) mass is 390 g/mol. The number of amides is 2. The van der Waals surface area contributed by atoms with E-state index in [1.807, 2.05) is 39.0 Å². The Morgan fingerprint density at radius 2 is 1.86 bits per heavy atom. The summed E-state index contributed by atoms with van der Waals surface area (Å²) in [5.41, 5.74) is 0.957. The van der Waals surface area contributed by atoms with Crippen molar-refractivity contribution >= 4 is 17.8 Å². The summed E-state index contributed by atoms with van der Waals surface area (Å²) >= 11 is 0. The van der Waals surface area contributed by atoms with Crippen LogP contribution in [-0.4, -0.2) is 78.9 Å². The molecule has 156 valence electrons. The average Bonchev–Trinajstić information content (AvgIpc) is 2.71. The van der Waals surface area contributed by atoms with Gasteiger partial charge < -0.3 is 20.4 Å². The van der Waals surface area contributed by atoms with Gasteiger partial charge in [0.25, 0.3) is 0 Å². The second-order valence-electron chi connectivity index (χ2n) is 6.32. The van der Waals surface area contributed by atoms with Crippen LogP contribution in [-0.2, 0) is 16.0 Å². The number of nitrogens with zero attached hydrogens (tertiary/aromatic N) is 4. The minimum absolute atomic E-state index is 0.0536. The summed E-state index contributed by atoms with van der Waals surface area (Å²) in [6, 6.07) is 5.76. The van der Waals surface area contributed by atoms with E-state index in [4.69, 9.17) is 0 Å². The Kier molecular flexibility index (Phi) is 11.3. The van der Waals surface area contributed by atoms with Crippen molar-refractivity contribution in [2.75, 3.05) is 46.3 Å². The normalized spacial score (nSPS) is 11.1. The molecular formula is C20H34N6O2. The average molecular weight is 391 g/mol. The predicted octanol–water partition coefficient (Wildman–Crippen LogP) is 0.896. The number of likely N-dealkylation sites (N-methyl/N-ethyl adjacent to an activating group) is 1. The number of rotatable bonds is 11. The highest BCUT2D eigenvalue weighted by Crippen LogP contribution is 1.97. The summed E-state index contributed by atoms with van der Waals surface area (Å²) in [5, 5.41) is 6.22. The lowest BCUT2D eigenvalue weighted by atomic mass is 10.2. The van der Waals surface area contributed by atoms with Gasteiger partial charge in [0.1, 0.15) is 6.54 Å². The van der Waals surface area contributed by atoms with E-state index in [-0.39, 0.29) is 18.4 Å². The molecule has 1 rings (SSSR count). The molecule has 0 bridgehead atoms. The van der Waals surface area contributed by atoms with Crippen molar-refractivity contribution < 1.29 is 9.59 Å². The largest absolute Gasteiger partial charge is 0.357 e. The van der Waals surface area contributed by atoms with Gasteiger partial charge >= 0.3 is 0 Å². The van der Waals surface area contributed by atoms with Crippen molar-refractivity contribution in [2.45, 2.75) is 33.6 Å². The van der Waals surface area contributed by atoms with Crippen molar-refractivity contribution in [3.8, 4) is 0 Å². The lowest BCUT2D eigenvalue weighted by Crippen LogP contribution is -2.41. The number of guanidine groups is 1. The SMILES string of the molecule is CCNC(=NCC(=O)N(C)CCc1ccccn1)NCCC(=O)N(CC)CC. The Morgan fingerprint density at radius 3 is 2.46 bits per heavy atom. The maximum absolute atomic E-state index is 12.3. The third kappa shape index (κ3) is 8.83. The van der Waals surface area contributed by atoms with Crippen LogP contribution in [0.3, 0.4) is 0 Å². The van der Waals surface area contributed by atoms with Crippen molar-refractivity contribution in [1.82, 2.24) is 25.4 Å². The zero-order valence-corrected chi connectivity index (χ0v) is 17.6. The first-order valence-corrected chi connectivity index (χ1v) is 9.95. The Morgan fingerprint density at radius 1 is 1.11 bits per heavy atom. The van der Waals surface area contributed by atoms with Crippen molar-refractivity contribution in [2.24, 2.45) is 4.99 Å². The molecule has 0 radical (unpaired) electrons. The van der Waals surface area contributed by atoms with E-state index in [1.54, 1.807) is 23.0 Å². The van der Waals surface area contributed by atoms with Crippen molar-refractivity contribution in [3.63, 3.8) is 0 Å². The number of pyridine rings is 1. The first-order chi connectivity index (χ1) is 13.5. The molecule has 2 N–H and O–H groups in total. The van der Waals surface area contributed by atoms with Crippen LogP contribution in [0.2, 0.25) is 0 Å². The third-order valence-electron chi connectivity index (χ3n) is 4.32. The maximum atomic E-state index is 12.3. The molecule has 28 heavy (non-hydrogen) atoms. The maximum Gasteiger partial charge on any atom is 0.244 e. The van der Waals surface area contributed by atoms with Gasteiger partial charge in [0.2, 0.25) is 11.8 Å². The second-order valence-corrected chi connectivity index (χ2v) is 6.32. The fraction of sp³-hybridized carbons (Fsp3) is 0.600. The van der Waals surface area contributed by atoms with E-state index in [2.05, 4.69) is 20.6 Å².